The number of hydrogen-bond acceptors (Lipinski definition) is 3. The number of benzene rings is 1. The van der Waals surface area contributed by atoms with Crippen LogP contribution in [0.25, 0.3) is 0 Å². The number of anilines is 1. The molecule has 0 spiro atoms. The summed E-state index contributed by atoms with van der Waals surface area (Å²) in [6.07, 6.45) is 2.19. The Morgan fingerprint density at radius 1 is 1.42 bits per heavy atom. The summed E-state index contributed by atoms with van der Waals surface area (Å²) in [5, 5.41) is 9.31. The van der Waals surface area contributed by atoms with E-state index in [1.165, 1.54) is 6.07 Å². The van der Waals surface area contributed by atoms with E-state index in [0.29, 0.717) is 5.69 Å². The van der Waals surface area contributed by atoms with Crippen molar-refractivity contribution in [3.63, 3.8) is 0 Å². The predicted molar refractivity (Wildman–Crippen MR) is 76.9 cm³/mol. The molecular formula is C13H16ClN3O2. The predicted octanol–water partition coefficient (Wildman–Crippen LogP) is 2.21. The lowest BCUT2D eigenvalue weighted by molar-refractivity contribution is 0.0697. The van der Waals surface area contributed by atoms with Gasteiger partial charge in [-0.3, -0.25) is 0 Å². The Labute approximate surface area is 116 Å². The van der Waals surface area contributed by atoms with Crippen LogP contribution in [0.4, 0.5) is 11.4 Å². The van der Waals surface area contributed by atoms with Crippen molar-refractivity contribution in [1.82, 2.24) is 0 Å². The molecular weight excluding hydrogens is 266 g/mol. The van der Waals surface area contributed by atoms with E-state index in [2.05, 4.69) is 9.89 Å². The Morgan fingerprint density at radius 3 is 2.68 bits per heavy atom. The molecule has 1 aliphatic rings. The number of aromatic carboxylic acids is 1. The minimum atomic E-state index is -0.955. The van der Waals surface area contributed by atoms with Crippen molar-refractivity contribution in [3.8, 4) is 0 Å². The van der Waals surface area contributed by atoms with Gasteiger partial charge in [-0.1, -0.05) is 0 Å². The molecule has 5 nitrogen and oxygen atoms in total. The van der Waals surface area contributed by atoms with Crippen LogP contribution in [0.5, 0.6) is 0 Å². The van der Waals surface area contributed by atoms with Crippen LogP contribution in [0.2, 0.25) is 0 Å². The van der Waals surface area contributed by atoms with Crippen molar-refractivity contribution in [2.45, 2.75) is 12.8 Å². The van der Waals surface area contributed by atoms with E-state index >= 15 is 0 Å². The van der Waals surface area contributed by atoms with Gasteiger partial charge in [-0.15, -0.1) is 11.6 Å². The van der Waals surface area contributed by atoms with Crippen LogP contribution in [0.3, 0.4) is 0 Å². The van der Waals surface area contributed by atoms with Gasteiger partial charge in [0.05, 0.1) is 22.8 Å². The Hall–Kier alpha value is -1.75. The molecule has 1 aromatic rings. The number of aliphatic imine (C=N–C) groups is 1. The third-order valence-corrected chi connectivity index (χ3v) is 3.34. The van der Waals surface area contributed by atoms with Gasteiger partial charge in [0.2, 0.25) is 0 Å². The maximum atomic E-state index is 11.4. The van der Waals surface area contributed by atoms with Crippen LogP contribution in [-0.4, -0.2) is 35.9 Å². The molecule has 0 atom stereocenters. The van der Waals surface area contributed by atoms with Gasteiger partial charge in [0.1, 0.15) is 5.84 Å². The van der Waals surface area contributed by atoms with E-state index in [9.17, 15) is 9.90 Å². The summed E-state index contributed by atoms with van der Waals surface area (Å²) in [5.41, 5.74) is 7.06. The maximum Gasteiger partial charge on any atom is 0.337 e. The summed E-state index contributed by atoms with van der Waals surface area (Å²) in [5.74, 6) is -0.564. The average Bonchev–Trinajstić information content (AvgIpc) is 2.92. The zero-order valence-electron chi connectivity index (χ0n) is 10.5. The Bertz CT molecular complexity index is 511. The lowest BCUT2D eigenvalue weighted by Crippen LogP contribution is -2.20. The first-order chi connectivity index (χ1) is 9.11. The monoisotopic (exact) mass is 281 g/mol. The van der Waals surface area contributed by atoms with E-state index < -0.39 is 5.97 Å². The molecule has 0 aromatic heterocycles. The average molecular weight is 282 g/mol. The highest BCUT2D eigenvalue weighted by Crippen LogP contribution is 2.28. The minimum Gasteiger partial charge on any atom is -0.478 e. The quantitative estimate of drug-likeness (QED) is 0.504. The second-order valence-electron chi connectivity index (χ2n) is 4.44. The van der Waals surface area contributed by atoms with E-state index in [4.69, 9.17) is 17.3 Å². The SMILES string of the molecule is NC(CCl)=Nc1ccc(N2CCCC2)c(C(=O)O)c1. The Morgan fingerprint density at radius 2 is 2.11 bits per heavy atom. The van der Waals surface area contributed by atoms with E-state index in [1.54, 1.807) is 12.1 Å². The largest absolute Gasteiger partial charge is 0.478 e. The van der Waals surface area contributed by atoms with E-state index in [0.717, 1.165) is 31.6 Å². The van der Waals surface area contributed by atoms with Crippen LogP contribution in [0.15, 0.2) is 23.2 Å². The van der Waals surface area contributed by atoms with Crippen LogP contribution in [-0.2, 0) is 0 Å². The summed E-state index contributed by atoms with van der Waals surface area (Å²) in [6.45, 7) is 1.79. The highest BCUT2D eigenvalue weighted by atomic mass is 35.5. The number of carboxylic acid groups (broad SMARTS) is 1. The molecule has 0 unspecified atom stereocenters. The Balaban J connectivity index is 2.37. The molecule has 6 heteroatoms. The van der Waals surface area contributed by atoms with Gasteiger partial charge in [0.15, 0.2) is 0 Å². The van der Waals surface area contributed by atoms with Crippen LogP contribution in [0, 0.1) is 0 Å². The van der Waals surface area contributed by atoms with Crippen LogP contribution >= 0.6 is 11.6 Å². The standard InChI is InChI=1S/C13H16ClN3O2/c14-8-12(15)16-9-3-4-11(10(7-9)13(18)19)17-5-1-2-6-17/h3-4,7H,1-2,5-6,8H2,(H2,15,16)(H,18,19). The minimum absolute atomic E-state index is 0.121. The van der Waals surface area contributed by atoms with Crippen molar-refractivity contribution in [2.75, 3.05) is 23.9 Å². The fourth-order valence-corrected chi connectivity index (χ4v) is 2.25. The topological polar surface area (TPSA) is 78.9 Å². The van der Waals surface area contributed by atoms with Gasteiger partial charge >= 0.3 is 5.97 Å². The number of alkyl halides is 1. The summed E-state index contributed by atoms with van der Waals surface area (Å²) >= 11 is 5.56. The number of rotatable bonds is 4. The molecule has 0 radical (unpaired) electrons. The van der Waals surface area contributed by atoms with Gasteiger partial charge in [-0.05, 0) is 31.0 Å². The fourth-order valence-electron chi connectivity index (χ4n) is 2.19. The summed E-state index contributed by atoms with van der Waals surface area (Å²) in [4.78, 5) is 17.5. The van der Waals surface area contributed by atoms with Crippen molar-refractivity contribution in [1.29, 1.82) is 0 Å². The number of carboxylic acids is 1. The molecule has 1 heterocycles. The molecule has 0 bridgehead atoms. The highest BCUT2D eigenvalue weighted by molar-refractivity contribution is 6.28. The van der Waals surface area contributed by atoms with E-state index in [-0.39, 0.29) is 17.3 Å². The zero-order chi connectivity index (χ0) is 13.8. The summed E-state index contributed by atoms with van der Waals surface area (Å²) in [6, 6.07) is 5.09. The van der Waals surface area contributed by atoms with E-state index in [1.807, 2.05) is 0 Å². The number of carbonyl (C=O) groups is 1. The Kier molecular flexibility index (Phi) is 4.27. The van der Waals surface area contributed by atoms with Crippen molar-refractivity contribution in [2.24, 2.45) is 10.7 Å². The molecule has 2 rings (SSSR count). The molecule has 0 saturated carbocycles. The smallest absolute Gasteiger partial charge is 0.337 e. The molecule has 19 heavy (non-hydrogen) atoms. The molecule has 0 amide bonds. The van der Waals surface area contributed by atoms with Gasteiger partial charge < -0.3 is 15.7 Å². The number of halogens is 1. The first-order valence-electron chi connectivity index (χ1n) is 6.13. The fraction of sp³-hybridized carbons (Fsp3) is 0.385. The second kappa shape index (κ2) is 5.93. The molecule has 1 aromatic carbocycles. The highest BCUT2D eigenvalue weighted by Gasteiger charge is 2.19. The van der Waals surface area contributed by atoms with Crippen LogP contribution in [0.1, 0.15) is 23.2 Å². The second-order valence-corrected chi connectivity index (χ2v) is 4.70. The normalized spacial score (nSPS) is 15.8. The maximum absolute atomic E-state index is 11.4. The molecule has 102 valence electrons. The third-order valence-electron chi connectivity index (χ3n) is 3.07. The number of amidine groups is 1. The van der Waals surface area contributed by atoms with Crippen molar-refractivity contribution in [3.05, 3.63) is 23.8 Å². The lowest BCUT2D eigenvalue weighted by Gasteiger charge is -2.20. The number of hydrogen-bond donors (Lipinski definition) is 2. The van der Waals surface area contributed by atoms with Crippen molar-refractivity contribution < 1.29 is 9.90 Å². The summed E-state index contributed by atoms with van der Waals surface area (Å²) in [7, 11) is 0. The number of nitrogens with two attached hydrogens (primary N) is 1. The van der Waals surface area contributed by atoms with Gasteiger partial charge in [0, 0.05) is 13.1 Å². The number of nitrogens with zero attached hydrogens (tertiary/aromatic N) is 2. The summed E-state index contributed by atoms with van der Waals surface area (Å²) < 4.78 is 0. The van der Waals surface area contributed by atoms with Crippen LogP contribution < -0.4 is 10.6 Å². The molecule has 1 aliphatic heterocycles. The zero-order valence-corrected chi connectivity index (χ0v) is 11.2. The molecule has 0 aliphatic carbocycles. The molecule has 1 saturated heterocycles. The molecule has 3 N–H and O–H groups in total. The lowest BCUT2D eigenvalue weighted by atomic mass is 10.1. The van der Waals surface area contributed by atoms with Crippen molar-refractivity contribution >= 4 is 34.8 Å². The first kappa shape index (κ1) is 13.7. The van der Waals surface area contributed by atoms with Gasteiger partial charge in [-0.2, -0.15) is 0 Å². The first-order valence-corrected chi connectivity index (χ1v) is 6.66. The van der Waals surface area contributed by atoms with Gasteiger partial charge in [0.25, 0.3) is 0 Å². The third kappa shape index (κ3) is 3.17. The molecule has 1 fully saturated rings. The van der Waals surface area contributed by atoms with Gasteiger partial charge in [-0.25, -0.2) is 9.79 Å².